The highest BCUT2D eigenvalue weighted by Gasteiger charge is 2.73. The van der Waals surface area contributed by atoms with Crippen LogP contribution in [-0.2, 0) is 14.3 Å². The molecule has 0 aromatic rings. The number of esters is 1. The van der Waals surface area contributed by atoms with Gasteiger partial charge >= 0.3 is 5.97 Å². The second kappa shape index (κ2) is 11.9. The quantitative estimate of drug-likeness (QED) is 0.142. The highest BCUT2D eigenvalue weighted by Crippen LogP contribution is 2.76. The standard InChI is InChI=1S/C36H58O12/c1-18-8-11-35(30(45)48-29-26(43)25(42)24(41)21(15-37)47-29)13-12-32(3)19(27(35)34(18,5)46)6-7-22-31(2)14-20(40)28(44)36(16-38,17-39)23(31)9-10-33(22,32)4/h6,18,20-29,37-44,46H,7-17H2,1-5H3/t18-,20-,21-,22-,23-,24-,25+,26-,27+,28+,29+,31-,32-,33-,34-,35+/m1/s1. The minimum absolute atomic E-state index is 0.0108. The summed E-state index contributed by atoms with van der Waals surface area (Å²) in [4.78, 5) is 14.5. The molecule has 16 atom stereocenters. The van der Waals surface area contributed by atoms with Gasteiger partial charge in [0, 0.05) is 11.3 Å². The van der Waals surface area contributed by atoms with Crippen LogP contribution in [0.3, 0.4) is 0 Å². The molecule has 12 heteroatoms. The van der Waals surface area contributed by atoms with Crippen molar-refractivity contribution in [2.45, 2.75) is 135 Å². The van der Waals surface area contributed by atoms with E-state index in [0.29, 0.717) is 44.9 Å². The van der Waals surface area contributed by atoms with Gasteiger partial charge in [-0.15, -0.1) is 0 Å². The summed E-state index contributed by atoms with van der Waals surface area (Å²) in [6.07, 6.45) is -3.85. The van der Waals surface area contributed by atoms with E-state index in [9.17, 15) is 50.8 Å². The Morgan fingerprint density at radius 1 is 0.896 bits per heavy atom. The molecule has 6 aliphatic rings. The second-order valence-corrected chi connectivity index (χ2v) is 17.4. The van der Waals surface area contributed by atoms with E-state index in [1.807, 2.05) is 6.92 Å². The Bertz CT molecular complexity index is 1280. The lowest BCUT2D eigenvalue weighted by Gasteiger charge is -2.72. The molecule has 1 aliphatic heterocycles. The Labute approximate surface area is 282 Å². The first-order chi connectivity index (χ1) is 22.4. The van der Waals surface area contributed by atoms with Crippen molar-refractivity contribution in [3.05, 3.63) is 11.6 Å². The van der Waals surface area contributed by atoms with Crippen molar-refractivity contribution in [1.82, 2.24) is 0 Å². The van der Waals surface area contributed by atoms with Crippen molar-refractivity contribution in [2.24, 2.45) is 50.7 Å². The van der Waals surface area contributed by atoms with E-state index in [0.717, 1.165) is 12.0 Å². The molecular formula is C36H58O12. The molecule has 0 spiro atoms. The Hall–Kier alpha value is -1.19. The minimum Gasteiger partial charge on any atom is -0.432 e. The van der Waals surface area contributed by atoms with Gasteiger partial charge in [-0.3, -0.25) is 4.79 Å². The highest BCUT2D eigenvalue weighted by molar-refractivity contribution is 5.79. The topological polar surface area (TPSA) is 218 Å². The van der Waals surface area contributed by atoms with Crippen molar-refractivity contribution in [2.75, 3.05) is 19.8 Å². The van der Waals surface area contributed by atoms with E-state index in [2.05, 4.69) is 26.8 Å². The molecule has 6 rings (SSSR count). The van der Waals surface area contributed by atoms with Gasteiger partial charge < -0.3 is 55.4 Å². The zero-order chi connectivity index (χ0) is 35.4. The summed E-state index contributed by atoms with van der Waals surface area (Å²) in [5, 5.41) is 96.9. The minimum atomic E-state index is -1.74. The van der Waals surface area contributed by atoms with E-state index >= 15 is 0 Å². The van der Waals surface area contributed by atoms with Crippen molar-refractivity contribution in [1.29, 1.82) is 0 Å². The first-order valence-electron chi connectivity index (χ1n) is 17.9. The Morgan fingerprint density at radius 2 is 1.56 bits per heavy atom. The highest BCUT2D eigenvalue weighted by atomic mass is 16.7. The summed E-state index contributed by atoms with van der Waals surface area (Å²) in [5.41, 5.74) is -4.09. The van der Waals surface area contributed by atoms with Gasteiger partial charge in [0.2, 0.25) is 6.29 Å². The molecule has 274 valence electrons. The summed E-state index contributed by atoms with van der Waals surface area (Å²) in [7, 11) is 0. The lowest BCUT2D eigenvalue weighted by Crippen LogP contribution is -2.70. The molecule has 12 nitrogen and oxygen atoms in total. The maximum Gasteiger partial charge on any atom is 0.315 e. The fourth-order valence-corrected chi connectivity index (χ4v) is 12.4. The third-order valence-corrected chi connectivity index (χ3v) is 15.7. The van der Waals surface area contributed by atoms with Crippen LogP contribution in [0.1, 0.15) is 86.0 Å². The Balaban J connectivity index is 1.40. The van der Waals surface area contributed by atoms with Crippen LogP contribution in [0.25, 0.3) is 0 Å². The number of fused-ring (bicyclic) bond motifs is 7. The number of hydrogen-bond donors (Lipinski definition) is 9. The van der Waals surface area contributed by atoms with Crippen LogP contribution in [0.2, 0.25) is 0 Å². The molecule has 5 aliphatic carbocycles. The van der Waals surface area contributed by atoms with Gasteiger partial charge in [-0.25, -0.2) is 0 Å². The van der Waals surface area contributed by atoms with Gasteiger partial charge in [0.25, 0.3) is 0 Å². The van der Waals surface area contributed by atoms with Crippen LogP contribution >= 0.6 is 0 Å². The van der Waals surface area contributed by atoms with Crippen molar-refractivity contribution in [3.63, 3.8) is 0 Å². The van der Waals surface area contributed by atoms with Crippen molar-refractivity contribution in [3.8, 4) is 0 Å². The molecule has 1 heterocycles. The molecule has 48 heavy (non-hydrogen) atoms. The van der Waals surface area contributed by atoms with Crippen molar-refractivity contribution < 1.29 is 60.2 Å². The summed E-state index contributed by atoms with van der Waals surface area (Å²) >= 11 is 0. The third kappa shape index (κ3) is 4.60. The van der Waals surface area contributed by atoms with E-state index in [1.165, 1.54) is 0 Å². The second-order valence-electron chi connectivity index (χ2n) is 17.4. The zero-order valence-corrected chi connectivity index (χ0v) is 29.0. The summed E-state index contributed by atoms with van der Waals surface area (Å²) in [6, 6.07) is 0. The normalized spacial score (nSPS) is 54.5. The number of aliphatic hydroxyl groups is 9. The van der Waals surface area contributed by atoms with Crippen LogP contribution in [0.4, 0.5) is 0 Å². The van der Waals surface area contributed by atoms with E-state index < -0.39 is 102 Å². The smallest absolute Gasteiger partial charge is 0.315 e. The van der Waals surface area contributed by atoms with Gasteiger partial charge in [-0.05, 0) is 92.3 Å². The first-order valence-corrected chi connectivity index (χ1v) is 17.9. The number of allylic oxidation sites excluding steroid dienone is 1. The lowest BCUT2D eigenvalue weighted by atomic mass is 9.32. The third-order valence-electron chi connectivity index (χ3n) is 15.7. The maximum absolute atomic E-state index is 14.5. The number of carbonyl (C=O) groups is 1. The predicted octanol–water partition coefficient (Wildman–Crippen LogP) is 0.379. The van der Waals surface area contributed by atoms with Crippen LogP contribution in [0, 0.1) is 50.7 Å². The van der Waals surface area contributed by atoms with Crippen LogP contribution < -0.4 is 0 Å². The molecule has 0 amide bonds. The fourth-order valence-electron chi connectivity index (χ4n) is 12.4. The maximum atomic E-state index is 14.5. The largest absolute Gasteiger partial charge is 0.432 e. The first kappa shape index (κ1) is 36.6. The Kier molecular flexibility index (Phi) is 9.10. The van der Waals surface area contributed by atoms with Crippen LogP contribution in [0.15, 0.2) is 11.6 Å². The summed E-state index contributed by atoms with van der Waals surface area (Å²) in [6.45, 7) is 8.85. The molecule has 1 saturated heterocycles. The van der Waals surface area contributed by atoms with E-state index in [1.54, 1.807) is 6.92 Å². The van der Waals surface area contributed by atoms with Gasteiger partial charge in [0.1, 0.15) is 24.4 Å². The van der Waals surface area contributed by atoms with E-state index in [4.69, 9.17) is 9.47 Å². The fraction of sp³-hybridized carbons (Fsp3) is 0.917. The SMILES string of the molecule is C[C@@H]1CC[C@]2(C(=O)O[C@@H]3O[C@H](CO)[C@@H](O)[C@H](O)[C@H]3O)CC[C@]3(C)C(=CC[C@@H]4[C@@]5(C)C[C@@H](O)[C@H](O)C(CO)(CO)[C@@H]5CC[C@]43C)[C@H]2[C@]1(C)O. The molecule has 0 unspecified atom stereocenters. The zero-order valence-electron chi connectivity index (χ0n) is 29.0. The number of carbonyl (C=O) groups excluding carboxylic acids is 1. The molecule has 4 saturated carbocycles. The molecular weight excluding hydrogens is 624 g/mol. The molecule has 9 N–H and O–H groups in total. The summed E-state index contributed by atoms with van der Waals surface area (Å²) < 4.78 is 11.4. The van der Waals surface area contributed by atoms with Crippen LogP contribution in [0.5, 0.6) is 0 Å². The molecule has 0 bridgehead atoms. The Morgan fingerprint density at radius 3 is 2.19 bits per heavy atom. The number of hydrogen-bond acceptors (Lipinski definition) is 12. The van der Waals surface area contributed by atoms with Gasteiger partial charge in [0.05, 0.1) is 43.0 Å². The van der Waals surface area contributed by atoms with E-state index in [-0.39, 0.29) is 23.2 Å². The number of aliphatic hydroxyl groups excluding tert-OH is 8. The molecule has 0 radical (unpaired) electrons. The molecule has 0 aromatic heterocycles. The number of ether oxygens (including phenoxy) is 2. The average Bonchev–Trinajstić information content (AvgIpc) is 3.04. The van der Waals surface area contributed by atoms with Crippen LogP contribution in [-0.4, -0.2) is 120 Å². The molecule has 5 fully saturated rings. The lowest BCUT2D eigenvalue weighted by molar-refractivity contribution is -0.299. The molecule has 0 aromatic carbocycles. The average molecular weight is 683 g/mol. The van der Waals surface area contributed by atoms with Gasteiger partial charge in [-0.2, -0.15) is 0 Å². The summed E-state index contributed by atoms with van der Waals surface area (Å²) in [5.74, 6) is -1.67. The number of rotatable bonds is 5. The van der Waals surface area contributed by atoms with Gasteiger partial charge in [0.15, 0.2) is 0 Å². The monoisotopic (exact) mass is 682 g/mol. The predicted molar refractivity (Wildman–Crippen MR) is 171 cm³/mol. The van der Waals surface area contributed by atoms with Gasteiger partial charge in [-0.1, -0.05) is 39.3 Å². The van der Waals surface area contributed by atoms with Crippen molar-refractivity contribution >= 4 is 5.97 Å².